The third-order valence-corrected chi connectivity index (χ3v) is 3.98. The van der Waals surface area contributed by atoms with E-state index in [9.17, 15) is 18.4 Å². The van der Waals surface area contributed by atoms with Crippen LogP contribution in [0.2, 0.25) is 0 Å². The number of pyridine rings is 3. The quantitative estimate of drug-likeness (QED) is 0.724. The minimum Gasteiger partial charge on any atom is -0.487 e. The van der Waals surface area contributed by atoms with Crippen LogP contribution in [0.5, 0.6) is 5.75 Å². The van der Waals surface area contributed by atoms with Crippen molar-refractivity contribution in [2.45, 2.75) is 20.5 Å². The molecule has 7 nitrogen and oxygen atoms in total. The van der Waals surface area contributed by atoms with Gasteiger partial charge in [-0.15, -0.1) is 0 Å². The largest absolute Gasteiger partial charge is 0.487 e. The van der Waals surface area contributed by atoms with Gasteiger partial charge in [-0.05, 0) is 25.5 Å². The summed E-state index contributed by atoms with van der Waals surface area (Å²) in [5.41, 5.74) is 0.715. The normalized spacial score (nSPS) is 10.7. The lowest BCUT2D eigenvalue weighted by Crippen LogP contribution is -2.21. The Balaban J connectivity index is 1.92. The van der Waals surface area contributed by atoms with E-state index in [1.165, 1.54) is 22.9 Å². The average molecular weight is 387 g/mol. The van der Waals surface area contributed by atoms with E-state index in [4.69, 9.17) is 9.84 Å². The SMILES string of the molecule is Cc1cnc(C(=O)O)cc1-n1c(C)cc(OCc2ncc(F)cc2F)cc1=O. The summed E-state index contributed by atoms with van der Waals surface area (Å²) >= 11 is 0. The van der Waals surface area contributed by atoms with Crippen LogP contribution >= 0.6 is 0 Å². The molecule has 0 aliphatic rings. The Morgan fingerprint density at radius 2 is 1.89 bits per heavy atom. The van der Waals surface area contributed by atoms with Crippen LogP contribution in [-0.4, -0.2) is 25.6 Å². The summed E-state index contributed by atoms with van der Waals surface area (Å²) in [5.74, 6) is -2.68. The molecule has 144 valence electrons. The molecule has 0 saturated heterocycles. The molecule has 0 atom stereocenters. The van der Waals surface area contributed by atoms with E-state index in [1.807, 2.05) is 0 Å². The first kappa shape index (κ1) is 19.2. The molecule has 9 heteroatoms. The van der Waals surface area contributed by atoms with Crippen molar-refractivity contribution in [2.75, 3.05) is 0 Å². The number of carboxylic acids is 1. The van der Waals surface area contributed by atoms with Crippen LogP contribution in [0.15, 0.2) is 41.5 Å². The summed E-state index contributed by atoms with van der Waals surface area (Å²) in [6.45, 7) is 3.06. The Bertz CT molecular complexity index is 1130. The Hall–Kier alpha value is -3.62. The molecule has 0 radical (unpaired) electrons. The van der Waals surface area contributed by atoms with Gasteiger partial charge in [-0.2, -0.15) is 0 Å². The molecule has 0 spiro atoms. The average Bonchev–Trinajstić information content (AvgIpc) is 2.61. The molecule has 0 aliphatic carbocycles. The fourth-order valence-corrected chi connectivity index (χ4v) is 2.64. The standard InChI is InChI=1S/C19H15F2N3O4/c1-10-7-22-15(19(26)27)6-17(10)24-11(2)3-13(5-18(24)25)28-9-16-14(21)4-12(20)8-23-16/h3-8H,9H2,1-2H3,(H,26,27). The van der Waals surface area contributed by atoms with Gasteiger partial charge in [0.2, 0.25) is 0 Å². The molecule has 0 aromatic carbocycles. The summed E-state index contributed by atoms with van der Waals surface area (Å²) in [7, 11) is 0. The van der Waals surface area contributed by atoms with Gasteiger partial charge in [0.1, 0.15) is 29.6 Å². The van der Waals surface area contributed by atoms with E-state index < -0.39 is 23.2 Å². The molecule has 0 fully saturated rings. The van der Waals surface area contributed by atoms with Crippen molar-refractivity contribution in [3.05, 3.63) is 81.3 Å². The first-order valence-electron chi connectivity index (χ1n) is 8.13. The van der Waals surface area contributed by atoms with Gasteiger partial charge in [0.15, 0.2) is 5.82 Å². The smallest absolute Gasteiger partial charge is 0.354 e. The number of carboxylic acid groups (broad SMARTS) is 1. The number of aromatic carboxylic acids is 1. The third-order valence-electron chi connectivity index (χ3n) is 3.98. The van der Waals surface area contributed by atoms with E-state index in [0.29, 0.717) is 23.0 Å². The van der Waals surface area contributed by atoms with E-state index >= 15 is 0 Å². The van der Waals surface area contributed by atoms with Crippen molar-refractivity contribution in [1.29, 1.82) is 0 Å². The number of aromatic nitrogens is 3. The molecule has 3 aromatic heterocycles. The molecule has 0 unspecified atom stereocenters. The van der Waals surface area contributed by atoms with E-state index in [0.717, 1.165) is 6.20 Å². The summed E-state index contributed by atoms with van der Waals surface area (Å²) in [4.78, 5) is 31.2. The van der Waals surface area contributed by atoms with Crippen LogP contribution in [0.1, 0.15) is 27.4 Å². The molecule has 0 saturated carbocycles. The minimum atomic E-state index is -1.21. The van der Waals surface area contributed by atoms with Gasteiger partial charge in [-0.1, -0.05) is 0 Å². The van der Waals surface area contributed by atoms with E-state index in [2.05, 4.69) is 9.97 Å². The summed E-state index contributed by atoms with van der Waals surface area (Å²) < 4.78 is 33.3. The molecule has 3 heterocycles. The topological polar surface area (TPSA) is 94.3 Å². The lowest BCUT2D eigenvalue weighted by molar-refractivity contribution is 0.0690. The van der Waals surface area contributed by atoms with Crippen LogP contribution in [0.4, 0.5) is 8.78 Å². The molecule has 3 aromatic rings. The minimum absolute atomic E-state index is 0.0979. The predicted molar refractivity (Wildman–Crippen MR) is 94.8 cm³/mol. The number of carbonyl (C=O) groups is 1. The first-order valence-corrected chi connectivity index (χ1v) is 8.13. The molecule has 0 bridgehead atoms. The zero-order valence-corrected chi connectivity index (χ0v) is 14.9. The van der Waals surface area contributed by atoms with Crippen molar-refractivity contribution in [3.63, 3.8) is 0 Å². The highest BCUT2D eigenvalue weighted by atomic mass is 19.1. The molecule has 3 rings (SSSR count). The molecular weight excluding hydrogens is 372 g/mol. The van der Waals surface area contributed by atoms with Crippen LogP contribution in [0.3, 0.4) is 0 Å². The van der Waals surface area contributed by atoms with Crippen LogP contribution in [-0.2, 0) is 6.61 Å². The van der Waals surface area contributed by atoms with Crippen molar-refractivity contribution in [1.82, 2.24) is 14.5 Å². The Morgan fingerprint density at radius 1 is 1.14 bits per heavy atom. The summed E-state index contributed by atoms with van der Waals surface area (Å²) in [6, 6.07) is 4.74. The third kappa shape index (κ3) is 3.88. The number of rotatable bonds is 5. The van der Waals surface area contributed by atoms with Crippen LogP contribution in [0, 0.1) is 25.5 Å². The molecule has 0 amide bonds. The number of hydrogen-bond donors (Lipinski definition) is 1. The second-order valence-electron chi connectivity index (χ2n) is 6.04. The van der Waals surface area contributed by atoms with Crippen molar-refractivity contribution in [3.8, 4) is 11.4 Å². The van der Waals surface area contributed by atoms with Crippen molar-refractivity contribution in [2.24, 2.45) is 0 Å². The lowest BCUT2D eigenvalue weighted by atomic mass is 10.2. The van der Waals surface area contributed by atoms with Crippen molar-refractivity contribution >= 4 is 5.97 Å². The van der Waals surface area contributed by atoms with E-state index in [-0.39, 0.29) is 23.7 Å². The van der Waals surface area contributed by atoms with Gasteiger partial charge in [0, 0.05) is 30.1 Å². The van der Waals surface area contributed by atoms with Crippen LogP contribution in [0.25, 0.3) is 5.69 Å². The fourth-order valence-electron chi connectivity index (χ4n) is 2.64. The highest BCUT2D eigenvalue weighted by Gasteiger charge is 2.14. The maximum Gasteiger partial charge on any atom is 0.354 e. The van der Waals surface area contributed by atoms with Gasteiger partial charge in [0.05, 0.1) is 11.9 Å². The highest BCUT2D eigenvalue weighted by Crippen LogP contribution is 2.19. The van der Waals surface area contributed by atoms with Gasteiger partial charge in [-0.3, -0.25) is 14.3 Å². The summed E-state index contributed by atoms with van der Waals surface area (Å²) in [5, 5.41) is 9.12. The lowest BCUT2D eigenvalue weighted by Gasteiger charge is -2.15. The van der Waals surface area contributed by atoms with E-state index in [1.54, 1.807) is 19.9 Å². The molecule has 1 N–H and O–H groups in total. The van der Waals surface area contributed by atoms with Crippen molar-refractivity contribution < 1.29 is 23.4 Å². The van der Waals surface area contributed by atoms with Gasteiger partial charge < -0.3 is 9.84 Å². The molecular formula is C19H15F2N3O4. The van der Waals surface area contributed by atoms with Gasteiger partial charge >= 0.3 is 5.97 Å². The Kier molecular flexibility index (Phi) is 5.16. The summed E-state index contributed by atoms with van der Waals surface area (Å²) in [6.07, 6.45) is 2.25. The van der Waals surface area contributed by atoms with Gasteiger partial charge in [-0.25, -0.2) is 18.6 Å². The Morgan fingerprint density at radius 3 is 2.54 bits per heavy atom. The number of ether oxygens (including phenoxy) is 1. The second-order valence-corrected chi connectivity index (χ2v) is 6.04. The maximum absolute atomic E-state index is 13.6. The number of halogens is 2. The zero-order valence-electron chi connectivity index (χ0n) is 14.9. The monoisotopic (exact) mass is 387 g/mol. The number of nitrogens with zero attached hydrogens (tertiary/aromatic N) is 3. The highest BCUT2D eigenvalue weighted by molar-refractivity contribution is 5.86. The predicted octanol–water partition coefficient (Wildman–Crippen LogP) is 2.80. The van der Waals surface area contributed by atoms with Crippen LogP contribution < -0.4 is 10.3 Å². The molecule has 28 heavy (non-hydrogen) atoms. The van der Waals surface area contributed by atoms with Gasteiger partial charge in [0.25, 0.3) is 5.56 Å². The zero-order chi connectivity index (χ0) is 20.4. The number of hydrogen-bond acceptors (Lipinski definition) is 5. The fraction of sp³-hybridized carbons (Fsp3) is 0.158. The molecule has 0 aliphatic heterocycles. The number of aryl methyl sites for hydroxylation is 2. The maximum atomic E-state index is 13.6. The first-order chi connectivity index (χ1) is 13.3. The Labute approximate surface area is 157 Å². The second kappa shape index (κ2) is 7.55.